The van der Waals surface area contributed by atoms with Crippen LogP contribution in [0.4, 0.5) is 13.2 Å². The third kappa shape index (κ3) is 3.96. The van der Waals surface area contributed by atoms with Crippen LogP contribution in [-0.2, 0) is 0 Å². The first-order valence-electron chi connectivity index (χ1n) is 9.20. The molecule has 0 spiro atoms. The van der Waals surface area contributed by atoms with Gasteiger partial charge in [0.25, 0.3) is 11.7 Å². The number of rotatable bonds is 4. The van der Waals surface area contributed by atoms with Crippen molar-refractivity contribution >= 4 is 11.4 Å². The molecular weight excluding hydrogens is 407 g/mol. The van der Waals surface area contributed by atoms with E-state index in [1.807, 2.05) is 6.07 Å². The van der Waals surface area contributed by atoms with Crippen molar-refractivity contribution in [2.45, 2.75) is 12.2 Å². The van der Waals surface area contributed by atoms with E-state index in [0.717, 1.165) is 0 Å². The molecule has 154 valence electrons. The fraction of sp³-hybridized carbons (Fsp3) is 0.0909. The van der Waals surface area contributed by atoms with E-state index in [2.05, 4.69) is 15.3 Å². The molecule has 6 nitrogen and oxygen atoms in total. The Morgan fingerprint density at radius 2 is 1.84 bits per heavy atom. The number of hydrogen-bond donors (Lipinski definition) is 2. The number of nitrogens with one attached hydrogen (secondary N) is 2. The SMILES string of the molecule is N#Cc1ccc(-c2[nH]c(C(=O)NC(c3ccccn3)C(F)(F)F)c3cccc[n+]23)cc1. The number of benzene rings is 1. The van der Waals surface area contributed by atoms with Crippen LogP contribution in [0.5, 0.6) is 0 Å². The Morgan fingerprint density at radius 3 is 2.48 bits per heavy atom. The molecule has 1 atom stereocenters. The Balaban J connectivity index is 1.75. The van der Waals surface area contributed by atoms with E-state index in [1.165, 1.54) is 24.4 Å². The zero-order valence-electron chi connectivity index (χ0n) is 15.9. The van der Waals surface area contributed by atoms with Crippen LogP contribution < -0.4 is 9.72 Å². The third-order valence-electron chi connectivity index (χ3n) is 4.70. The first-order chi connectivity index (χ1) is 14.9. The van der Waals surface area contributed by atoms with Gasteiger partial charge in [-0.1, -0.05) is 12.1 Å². The maximum Gasteiger partial charge on any atom is 0.414 e. The highest BCUT2D eigenvalue weighted by Crippen LogP contribution is 2.32. The Hall–Kier alpha value is -4.19. The van der Waals surface area contributed by atoms with Crippen molar-refractivity contribution in [2.75, 3.05) is 0 Å². The Kier molecular flexibility index (Phi) is 5.13. The molecule has 9 heteroatoms. The third-order valence-corrected chi connectivity index (χ3v) is 4.70. The number of alkyl halides is 3. The van der Waals surface area contributed by atoms with Gasteiger partial charge in [0.1, 0.15) is 0 Å². The Bertz CT molecular complexity index is 1270. The smallest absolute Gasteiger partial charge is 0.332 e. The van der Waals surface area contributed by atoms with Crippen LogP contribution in [0.2, 0.25) is 0 Å². The molecule has 1 unspecified atom stereocenters. The van der Waals surface area contributed by atoms with Gasteiger partial charge in [0.2, 0.25) is 5.69 Å². The van der Waals surface area contributed by atoms with Crippen molar-refractivity contribution in [3.63, 3.8) is 0 Å². The van der Waals surface area contributed by atoms with Crippen LogP contribution in [0.3, 0.4) is 0 Å². The van der Waals surface area contributed by atoms with Gasteiger partial charge in [0, 0.05) is 6.20 Å². The number of amides is 1. The van der Waals surface area contributed by atoms with Crippen molar-refractivity contribution in [3.8, 4) is 17.5 Å². The maximum atomic E-state index is 13.6. The molecule has 0 aliphatic heterocycles. The zero-order valence-corrected chi connectivity index (χ0v) is 15.9. The fourth-order valence-electron chi connectivity index (χ4n) is 3.24. The molecule has 3 aromatic heterocycles. The normalized spacial score (nSPS) is 12.3. The summed E-state index contributed by atoms with van der Waals surface area (Å²) in [6.45, 7) is 0. The Labute approximate surface area is 174 Å². The second-order valence-electron chi connectivity index (χ2n) is 6.70. The average molecular weight is 422 g/mol. The number of imidazole rings is 1. The summed E-state index contributed by atoms with van der Waals surface area (Å²) >= 11 is 0. The molecule has 4 rings (SSSR count). The summed E-state index contributed by atoms with van der Waals surface area (Å²) in [4.78, 5) is 19.6. The fourth-order valence-corrected chi connectivity index (χ4v) is 3.24. The molecule has 0 aliphatic rings. The first-order valence-corrected chi connectivity index (χ1v) is 9.20. The number of H-pyrrole nitrogens is 1. The molecule has 31 heavy (non-hydrogen) atoms. The molecule has 1 amide bonds. The topological polar surface area (TPSA) is 85.7 Å². The first kappa shape index (κ1) is 20.1. The van der Waals surface area contributed by atoms with Crippen molar-refractivity contribution in [1.29, 1.82) is 5.26 Å². The highest BCUT2D eigenvalue weighted by atomic mass is 19.4. The van der Waals surface area contributed by atoms with Crippen molar-refractivity contribution in [3.05, 3.63) is 90.0 Å². The summed E-state index contributed by atoms with van der Waals surface area (Å²) in [6.07, 6.45) is -1.80. The van der Waals surface area contributed by atoms with E-state index >= 15 is 0 Å². The standard InChI is InChI=1S/C22H14F3N5O/c23-22(24,25)19(16-5-1-3-11-27-16)29-21(31)18-17-6-2-4-12-30(17)20(28-18)15-9-7-14(13-26)8-10-15/h1-12,19H,(H,29,31)/p+1. The van der Waals surface area contributed by atoms with Crippen molar-refractivity contribution in [2.24, 2.45) is 0 Å². The quantitative estimate of drug-likeness (QED) is 0.492. The molecular formula is C22H15F3N5O+. The zero-order chi connectivity index (χ0) is 22.0. The summed E-state index contributed by atoms with van der Waals surface area (Å²) < 4.78 is 42.6. The molecule has 0 saturated carbocycles. The molecule has 0 bridgehead atoms. The maximum absolute atomic E-state index is 13.6. The van der Waals surface area contributed by atoms with E-state index in [4.69, 9.17) is 5.26 Å². The van der Waals surface area contributed by atoms with E-state index in [-0.39, 0.29) is 11.4 Å². The van der Waals surface area contributed by atoms with Crippen molar-refractivity contribution in [1.82, 2.24) is 15.3 Å². The number of hydrogen-bond acceptors (Lipinski definition) is 3. The number of aromatic amines is 1. The second-order valence-corrected chi connectivity index (χ2v) is 6.70. The summed E-state index contributed by atoms with van der Waals surface area (Å²) in [6, 6.07) is 15.6. The number of carbonyl (C=O) groups excluding carboxylic acids is 1. The molecule has 0 aliphatic carbocycles. The van der Waals surface area contributed by atoms with Crippen LogP contribution in [0.15, 0.2) is 73.1 Å². The largest absolute Gasteiger partial charge is 0.414 e. The number of fused-ring (bicyclic) bond motifs is 1. The highest BCUT2D eigenvalue weighted by Gasteiger charge is 2.44. The monoisotopic (exact) mass is 422 g/mol. The molecule has 1 aromatic carbocycles. The highest BCUT2D eigenvalue weighted by molar-refractivity contribution is 5.98. The molecule has 0 saturated heterocycles. The van der Waals surface area contributed by atoms with E-state index in [9.17, 15) is 18.0 Å². The van der Waals surface area contributed by atoms with E-state index < -0.39 is 18.1 Å². The van der Waals surface area contributed by atoms with Gasteiger partial charge >= 0.3 is 6.18 Å². The van der Waals surface area contributed by atoms with Crippen LogP contribution in [0, 0.1) is 11.3 Å². The van der Waals surface area contributed by atoms with Crippen molar-refractivity contribution < 1.29 is 22.4 Å². The van der Waals surface area contributed by atoms with Crippen LogP contribution in [0.1, 0.15) is 27.8 Å². The molecule has 2 N–H and O–H groups in total. The second kappa shape index (κ2) is 7.91. The summed E-state index contributed by atoms with van der Waals surface area (Å²) in [5.74, 6) is -0.428. The van der Waals surface area contributed by atoms with Gasteiger partial charge in [-0.15, -0.1) is 0 Å². The summed E-state index contributed by atoms with van der Waals surface area (Å²) in [5.41, 5.74) is 1.20. The lowest BCUT2D eigenvalue weighted by Crippen LogP contribution is -2.39. The van der Waals surface area contributed by atoms with Gasteiger partial charge in [-0.2, -0.15) is 22.8 Å². The lowest BCUT2D eigenvalue weighted by atomic mass is 10.1. The summed E-state index contributed by atoms with van der Waals surface area (Å²) in [5, 5.41) is 11.0. The lowest BCUT2D eigenvalue weighted by molar-refractivity contribution is -0.498. The van der Waals surface area contributed by atoms with E-state index in [1.54, 1.807) is 53.1 Å². The minimum Gasteiger partial charge on any atom is -0.332 e. The van der Waals surface area contributed by atoms with Gasteiger partial charge in [0.05, 0.1) is 29.1 Å². The van der Waals surface area contributed by atoms with Gasteiger partial charge < -0.3 is 5.32 Å². The van der Waals surface area contributed by atoms with Crippen LogP contribution in [-0.4, -0.2) is 22.1 Å². The van der Waals surface area contributed by atoms with E-state index in [0.29, 0.717) is 22.5 Å². The molecule has 4 aromatic rings. The van der Waals surface area contributed by atoms with Gasteiger partial charge in [0.15, 0.2) is 11.6 Å². The molecule has 0 radical (unpaired) electrons. The number of nitrogens with zero attached hydrogens (tertiary/aromatic N) is 3. The number of aromatic nitrogens is 3. The number of halogens is 3. The minimum absolute atomic E-state index is 0.0230. The van der Waals surface area contributed by atoms with Gasteiger partial charge in [-0.3, -0.25) is 9.78 Å². The Morgan fingerprint density at radius 1 is 1.10 bits per heavy atom. The lowest BCUT2D eigenvalue weighted by Gasteiger charge is -2.20. The number of pyridine rings is 2. The predicted molar refractivity (Wildman–Crippen MR) is 105 cm³/mol. The average Bonchev–Trinajstić information content (AvgIpc) is 3.17. The molecule has 3 heterocycles. The van der Waals surface area contributed by atoms with Crippen LogP contribution >= 0.6 is 0 Å². The van der Waals surface area contributed by atoms with Crippen LogP contribution in [0.25, 0.3) is 16.9 Å². The molecule has 0 fully saturated rings. The number of nitriles is 1. The minimum atomic E-state index is -4.73. The van der Waals surface area contributed by atoms with Gasteiger partial charge in [-0.25, -0.2) is 4.98 Å². The van der Waals surface area contributed by atoms with Gasteiger partial charge in [-0.05, 0) is 48.5 Å². The number of carbonyl (C=O) groups is 1. The predicted octanol–water partition coefficient (Wildman–Crippen LogP) is 3.72. The summed E-state index contributed by atoms with van der Waals surface area (Å²) in [7, 11) is 0.